The third-order valence-electron chi connectivity index (χ3n) is 3.46. The van der Waals surface area contributed by atoms with E-state index in [2.05, 4.69) is 20.3 Å². The van der Waals surface area contributed by atoms with Gasteiger partial charge in [-0.2, -0.15) is 18.2 Å². The van der Waals surface area contributed by atoms with Crippen LogP contribution in [0.4, 0.5) is 13.2 Å². The highest BCUT2D eigenvalue weighted by atomic mass is 35.5. The lowest BCUT2D eigenvalue weighted by atomic mass is 9.94. The molecule has 1 N–H and O–H groups in total. The van der Waals surface area contributed by atoms with Gasteiger partial charge in [0.1, 0.15) is 5.69 Å². The molecule has 2 aliphatic heterocycles. The molecule has 2 aliphatic rings. The Morgan fingerprint density at radius 3 is 2.70 bits per heavy atom. The van der Waals surface area contributed by atoms with Gasteiger partial charge in [0, 0.05) is 18.5 Å². The molecule has 0 bridgehead atoms. The van der Waals surface area contributed by atoms with Crippen LogP contribution in [0.2, 0.25) is 5.02 Å². The SMILES string of the molecule is Cl.O=C1N=C(c2ncc(C(F)(F)F)cc2Cl)N=C2CNCCC12. The fourth-order valence-electron chi connectivity index (χ4n) is 2.34. The maximum atomic E-state index is 12.6. The Morgan fingerprint density at radius 1 is 1.30 bits per heavy atom. The van der Waals surface area contributed by atoms with Crippen LogP contribution in [0.1, 0.15) is 17.7 Å². The number of alkyl halides is 3. The average molecular weight is 367 g/mol. The predicted molar refractivity (Wildman–Crippen MR) is 81.5 cm³/mol. The number of pyridine rings is 1. The summed E-state index contributed by atoms with van der Waals surface area (Å²) in [5.74, 6) is -0.767. The molecule has 0 aromatic carbocycles. The topological polar surface area (TPSA) is 66.7 Å². The van der Waals surface area contributed by atoms with Crippen molar-refractivity contribution in [3.05, 3.63) is 28.5 Å². The lowest BCUT2D eigenvalue weighted by molar-refractivity contribution is -0.137. The lowest BCUT2D eigenvalue weighted by Crippen LogP contribution is -2.42. The molecule has 1 aromatic heterocycles. The zero-order valence-corrected chi connectivity index (χ0v) is 13.1. The Balaban J connectivity index is 0.00000192. The van der Waals surface area contributed by atoms with Gasteiger partial charge in [0.2, 0.25) is 0 Å². The van der Waals surface area contributed by atoms with Crippen molar-refractivity contribution in [3.63, 3.8) is 0 Å². The Bertz CT molecular complexity index is 703. The molecule has 0 radical (unpaired) electrons. The lowest BCUT2D eigenvalue weighted by Gasteiger charge is -2.25. The number of halogens is 5. The zero-order valence-electron chi connectivity index (χ0n) is 11.5. The molecule has 5 nitrogen and oxygen atoms in total. The van der Waals surface area contributed by atoms with Crippen LogP contribution in [-0.2, 0) is 11.0 Å². The standard InChI is InChI=1S/C13H10ClF3N4O.ClH/c14-8-3-6(13(15,16)17)4-19-10(8)11-20-9-5-18-2-1-7(9)12(22)21-11;/h3-4,7,18H,1-2,5H2;1H. The normalized spacial score (nSPS) is 21.0. The Labute approximate surface area is 140 Å². The van der Waals surface area contributed by atoms with Crippen LogP contribution in [0.25, 0.3) is 0 Å². The first-order valence-electron chi connectivity index (χ1n) is 6.50. The monoisotopic (exact) mass is 366 g/mol. The van der Waals surface area contributed by atoms with Crippen molar-refractivity contribution < 1.29 is 18.0 Å². The van der Waals surface area contributed by atoms with Gasteiger partial charge in [-0.1, -0.05) is 11.6 Å². The van der Waals surface area contributed by atoms with Crippen LogP contribution in [0.3, 0.4) is 0 Å². The third-order valence-corrected chi connectivity index (χ3v) is 3.75. The van der Waals surface area contributed by atoms with Gasteiger partial charge in [-0.05, 0) is 19.0 Å². The second-order valence-electron chi connectivity index (χ2n) is 4.95. The summed E-state index contributed by atoms with van der Waals surface area (Å²) in [5, 5.41) is 2.84. The highest BCUT2D eigenvalue weighted by Gasteiger charge is 2.34. The fourth-order valence-corrected chi connectivity index (χ4v) is 2.59. The van der Waals surface area contributed by atoms with Crippen molar-refractivity contribution in [2.75, 3.05) is 13.1 Å². The van der Waals surface area contributed by atoms with Crippen molar-refractivity contribution in [3.8, 4) is 0 Å². The molecule has 0 spiro atoms. The van der Waals surface area contributed by atoms with Gasteiger partial charge in [0.25, 0.3) is 5.91 Å². The van der Waals surface area contributed by atoms with Crippen molar-refractivity contribution in [1.29, 1.82) is 0 Å². The van der Waals surface area contributed by atoms with Gasteiger partial charge in [-0.15, -0.1) is 12.4 Å². The van der Waals surface area contributed by atoms with Crippen LogP contribution in [0, 0.1) is 5.92 Å². The van der Waals surface area contributed by atoms with Crippen LogP contribution < -0.4 is 5.32 Å². The largest absolute Gasteiger partial charge is 0.417 e. The first-order chi connectivity index (χ1) is 10.4. The summed E-state index contributed by atoms with van der Waals surface area (Å²) in [5.41, 5.74) is -0.382. The predicted octanol–water partition coefficient (Wildman–Crippen LogP) is 2.51. The van der Waals surface area contributed by atoms with Gasteiger partial charge in [0.15, 0.2) is 5.84 Å². The number of nitrogens with zero attached hydrogens (tertiary/aromatic N) is 3. The number of amidine groups is 1. The number of piperidine rings is 1. The van der Waals surface area contributed by atoms with Crippen LogP contribution in [-0.4, -0.2) is 35.5 Å². The zero-order chi connectivity index (χ0) is 15.9. The van der Waals surface area contributed by atoms with Gasteiger partial charge >= 0.3 is 6.18 Å². The molecule has 3 rings (SSSR count). The smallest absolute Gasteiger partial charge is 0.311 e. The van der Waals surface area contributed by atoms with E-state index < -0.39 is 11.7 Å². The summed E-state index contributed by atoms with van der Waals surface area (Å²) in [6.07, 6.45) is -3.29. The number of fused-ring (bicyclic) bond motifs is 1. The van der Waals surface area contributed by atoms with E-state index >= 15 is 0 Å². The molecule has 1 aromatic rings. The second kappa shape index (κ2) is 6.54. The number of nitrogens with one attached hydrogen (secondary N) is 1. The van der Waals surface area contributed by atoms with Gasteiger partial charge in [-0.25, -0.2) is 4.99 Å². The van der Waals surface area contributed by atoms with E-state index in [1.807, 2.05) is 0 Å². The molecule has 124 valence electrons. The molecule has 10 heteroatoms. The number of hydrogen-bond acceptors (Lipinski definition) is 4. The molecule has 1 atom stereocenters. The number of hydrogen-bond donors (Lipinski definition) is 1. The number of rotatable bonds is 1. The molecule has 0 aliphatic carbocycles. The van der Waals surface area contributed by atoms with E-state index in [4.69, 9.17) is 11.6 Å². The summed E-state index contributed by atoms with van der Waals surface area (Å²) < 4.78 is 37.8. The van der Waals surface area contributed by atoms with E-state index in [-0.39, 0.29) is 40.8 Å². The van der Waals surface area contributed by atoms with E-state index in [0.717, 1.165) is 6.07 Å². The second-order valence-corrected chi connectivity index (χ2v) is 5.35. The van der Waals surface area contributed by atoms with Crippen molar-refractivity contribution in [1.82, 2.24) is 10.3 Å². The Hall–Kier alpha value is -1.51. The van der Waals surface area contributed by atoms with Gasteiger partial charge < -0.3 is 5.32 Å². The van der Waals surface area contributed by atoms with E-state index in [0.29, 0.717) is 31.4 Å². The third kappa shape index (κ3) is 3.54. The van der Waals surface area contributed by atoms with Gasteiger partial charge in [-0.3, -0.25) is 9.78 Å². The molecule has 1 saturated heterocycles. The van der Waals surface area contributed by atoms with Crippen molar-refractivity contribution >= 4 is 41.5 Å². The summed E-state index contributed by atoms with van der Waals surface area (Å²) in [6, 6.07) is 0.752. The minimum atomic E-state index is -4.54. The molecular weight excluding hydrogens is 356 g/mol. The van der Waals surface area contributed by atoms with E-state index in [1.54, 1.807) is 0 Å². The Morgan fingerprint density at radius 2 is 2.04 bits per heavy atom. The molecular formula is C13H11Cl2F3N4O. The molecule has 23 heavy (non-hydrogen) atoms. The summed E-state index contributed by atoms with van der Waals surface area (Å²) in [4.78, 5) is 23.7. The van der Waals surface area contributed by atoms with E-state index in [1.165, 1.54) is 0 Å². The Kier molecular flexibility index (Phi) is 5.07. The molecule has 1 unspecified atom stereocenters. The number of carbonyl (C=O) groups is 1. The summed E-state index contributed by atoms with van der Waals surface area (Å²) >= 11 is 5.85. The van der Waals surface area contributed by atoms with Crippen LogP contribution in [0.5, 0.6) is 0 Å². The molecule has 3 heterocycles. The minimum Gasteiger partial charge on any atom is -0.311 e. The quantitative estimate of drug-likeness (QED) is 0.830. The summed E-state index contributed by atoms with van der Waals surface area (Å²) in [7, 11) is 0. The number of amides is 1. The highest BCUT2D eigenvalue weighted by Crippen LogP contribution is 2.31. The molecule has 1 amide bonds. The minimum absolute atomic E-state index is 0. The van der Waals surface area contributed by atoms with Crippen molar-refractivity contribution in [2.24, 2.45) is 15.9 Å². The molecule has 1 fully saturated rings. The first kappa shape index (κ1) is 17.8. The highest BCUT2D eigenvalue weighted by molar-refractivity contribution is 6.35. The number of carbonyl (C=O) groups excluding carboxylic acids is 1. The summed E-state index contributed by atoms with van der Waals surface area (Å²) in [6.45, 7) is 1.13. The maximum Gasteiger partial charge on any atom is 0.417 e. The van der Waals surface area contributed by atoms with E-state index in [9.17, 15) is 18.0 Å². The van der Waals surface area contributed by atoms with Crippen LogP contribution in [0.15, 0.2) is 22.2 Å². The fraction of sp³-hybridized carbons (Fsp3) is 0.385. The van der Waals surface area contributed by atoms with Gasteiger partial charge in [0.05, 0.1) is 16.5 Å². The number of aliphatic imine (C=N–C) groups is 2. The molecule has 0 saturated carbocycles. The number of aromatic nitrogens is 1. The van der Waals surface area contributed by atoms with Crippen LogP contribution >= 0.6 is 24.0 Å². The first-order valence-corrected chi connectivity index (χ1v) is 6.88. The maximum absolute atomic E-state index is 12.6. The average Bonchev–Trinajstić information content (AvgIpc) is 2.46. The van der Waals surface area contributed by atoms with Crippen molar-refractivity contribution in [2.45, 2.75) is 12.6 Å².